The molecule has 0 spiro atoms. The second-order valence-corrected chi connectivity index (χ2v) is 4.71. The van der Waals surface area contributed by atoms with Crippen LogP contribution in [0.15, 0.2) is 41.6 Å². The Labute approximate surface area is 100 Å². The number of aromatic nitrogens is 2. The van der Waals surface area contributed by atoms with Crippen molar-refractivity contribution in [1.29, 1.82) is 0 Å². The zero-order valence-corrected chi connectivity index (χ0v) is 10.3. The first kappa shape index (κ1) is 11.1. The molecule has 0 saturated carbocycles. The van der Waals surface area contributed by atoms with Crippen LogP contribution in [0.5, 0.6) is 0 Å². The number of rotatable bonds is 3. The molecule has 0 radical (unpaired) electrons. The molecule has 2 rings (SSSR count). The summed E-state index contributed by atoms with van der Waals surface area (Å²) >= 11 is 1.68. The van der Waals surface area contributed by atoms with Crippen LogP contribution in [-0.4, -0.2) is 15.7 Å². The third kappa shape index (κ3) is 2.61. The quantitative estimate of drug-likeness (QED) is 0.595. The smallest absolute Gasteiger partial charge is 0.188 e. The van der Waals surface area contributed by atoms with E-state index in [4.69, 9.17) is 0 Å². The van der Waals surface area contributed by atoms with Crippen molar-refractivity contribution in [2.75, 3.05) is 5.75 Å². The predicted molar refractivity (Wildman–Crippen MR) is 68.6 cm³/mol. The molecule has 0 bridgehead atoms. The molecule has 0 saturated heterocycles. The molecule has 0 aliphatic rings. The Balaban J connectivity index is 2.41. The fourth-order valence-corrected chi connectivity index (χ4v) is 2.12. The van der Waals surface area contributed by atoms with Crippen LogP contribution in [-0.2, 0) is 0 Å². The highest BCUT2D eigenvalue weighted by Crippen LogP contribution is 2.21. The Morgan fingerprint density at radius 2 is 1.88 bits per heavy atom. The second-order valence-electron chi connectivity index (χ2n) is 3.48. The summed E-state index contributed by atoms with van der Waals surface area (Å²) in [5.74, 6) is 0.998. The van der Waals surface area contributed by atoms with Crippen LogP contribution in [0, 0.1) is 6.92 Å². The van der Waals surface area contributed by atoms with Gasteiger partial charge in [-0.15, -0.1) is 0 Å². The lowest BCUT2D eigenvalue weighted by molar-refractivity contribution is 0.938. The summed E-state index contributed by atoms with van der Waals surface area (Å²) < 4.78 is 0. The van der Waals surface area contributed by atoms with Crippen molar-refractivity contribution in [3.8, 4) is 11.3 Å². The highest BCUT2D eigenvalue weighted by Gasteiger charge is 2.03. The minimum atomic E-state index is 0.862. The molecule has 0 fully saturated rings. The third-order valence-corrected chi connectivity index (χ3v) is 2.91. The normalized spacial score (nSPS) is 10.4. The van der Waals surface area contributed by atoms with Crippen molar-refractivity contribution in [2.24, 2.45) is 0 Å². The molecule has 0 aliphatic carbocycles. The van der Waals surface area contributed by atoms with Crippen LogP contribution < -0.4 is 0 Å². The van der Waals surface area contributed by atoms with E-state index in [1.165, 1.54) is 0 Å². The van der Waals surface area contributed by atoms with Gasteiger partial charge in [0, 0.05) is 11.3 Å². The molecule has 0 unspecified atom stereocenters. The molecule has 1 heterocycles. The van der Waals surface area contributed by atoms with E-state index in [0.717, 1.165) is 27.9 Å². The summed E-state index contributed by atoms with van der Waals surface area (Å²) in [5.41, 5.74) is 3.17. The monoisotopic (exact) mass is 230 g/mol. The van der Waals surface area contributed by atoms with Crippen molar-refractivity contribution >= 4 is 11.8 Å². The molecule has 16 heavy (non-hydrogen) atoms. The van der Waals surface area contributed by atoms with Gasteiger partial charge in [-0.1, -0.05) is 49.0 Å². The predicted octanol–water partition coefficient (Wildman–Crippen LogP) is 3.56. The first-order valence-corrected chi connectivity index (χ1v) is 6.32. The molecule has 2 nitrogen and oxygen atoms in total. The minimum absolute atomic E-state index is 0.862. The van der Waals surface area contributed by atoms with E-state index in [9.17, 15) is 0 Å². The summed E-state index contributed by atoms with van der Waals surface area (Å²) in [6, 6.07) is 12.2. The van der Waals surface area contributed by atoms with Gasteiger partial charge in [-0.25, -0.2) is 9.97 Å². The van der Waals surface area contributed by atoms with E-state index < -0.39 is 0 Å². The van der Waals surface area contributed by atoms with E-state index in [1.54, 1.807) is 11.8 Å². The van der Waals surface area contributed by atoms with Crippen LogP contribution >= 0.6 is 11.8 Å². The van der Waals surface area contributed by atoms with Crippen molar-refractivity contribution in [3.05, 3.63) is 42.1 Å². The second kappa shape index (κ2) is 5.12. The molecule has 1 aromatic heterocycles. The number of aryl methyl sites for hydroxylation is 1. The Morgan fingerprint density at radius 1 is 1.12 bits per heavy atom. The molecule has 82 valence electrons. The van der Waals surface area contributed by atoms with Crippen LogP contribution in [0.3, 0.4) is 0 Å². The van der Waals surface area contributed by atoms with Crippen LogP contribution in [0.1, 0.15) is 12.6 Å². The maximum atomic E-state index is 4.55. The van der Waals surface area contributed by atoms with Gasteiger partial charge in [-0.2, -0.15) is 0 Å². The van der Waals surface area contributed by atoms with Crippen molar-refractivity contribution in [1.82, 2.24) is 9.97 Å². The number of hydrogen-bond donors (Lipinski definition) is 0. The zero-order chi connectivity index (χ0) is 11.4. The zero-order valence-electron chi connectivity index (χ0n) is 9.47. The number of thioether (sulfide) groups is 1. The average Bonchev–Trinajstić information content (AvgIpc) is 2.30. The topological polar surface area (TPSA) is 25.8 Å². The van der Waals surface area contributed by atoms with Gasteiger partial charge in [0.15, 0.2) is 5.16 Å². The summed E-state index contributed by atoms with van der Waals surface area (Å²) in [6.07, 6.45) is 0. The van der Waals surface area contributed by atoms with Crippen molar-refractivity contribution in [3.63, 3.8) is 0 Å². The summed E-state index contributed by atoms with van der Waals surface area (Å²) in [7, 11) is 0. The first-order valence-electron chi connectivity index (χ1n) is 5.33. The van der Waals surface area contributed by atoms with Crippen LogP contribution in [0.2, 0.25) is 0 Å². The molecular formula is C13H14N2S. The van der Waals surface area contributed by atoms with Gasteiger partial charge in [0.05, 0.1) is 5.69 Å². The highest BCUT2D eigenvalue weighted by atomic mass is 32.2. The van der Waals surface area contributed by atoms with Gasteiger partial charge >= 0.3 is 0 Å². The van der Waals surface area contributed by atoms with Crippen molar-refractivity contribution in [2.45, 2.75) is 19.0 Å². The van der Waals surface area contributed by atoms with Gasteiger partial charge in [-0.3, -0.25) is 0 Å². The summed E-state index contributed by atoms with van der Waals surface area (Å²) in [6.45, 7) is 4.12. The Bertz CT molecular complexity index is 469. The van der Waals surface area contributed by atoms with Crippen LogP contribution in [0.25, 0.3) is 11.3 Å². The molecule has 0 amide bonds. The van der Waals surface area contributed by atoms with E-state index >= 15 is 0 Å². The Hall–Kier alpha value is -1.35. The highest BCUT2D eigenvalue weighted by molar-refractivity contribution is 7.99. The van der Waals surface area contributed by atoms with Crippen LogP contribution in [0.4, 0.5) is 0 Å². The lowest BCUT2D eigenvalue weighted by Crippen LogP contribution is -1.93. The largest absolute Gasteiger partial charge is 0.228 e. The lowest BCUT2D eigenvalue weighted by atomic mass is 10.1. The maximum Gasteiger partial charge on any atom is 0.188 e. The first-order chi connectivity index (χ1) is 7.79. The SMILES string of the molecule is CCSc1nc(C)cc(-c2ccccc2)n1. The molecule has 0 N–H and O–H groups in total. The fourth-order valence-electron chi connectivity index (χ4n) is 1.49. The summed E-state index contributed by atoms with van der Waals surface area (Å²) in [5, 5.41) is 0.862. The molecule has 0 aliphatic heterocycles. The molecular weight excluding hydrogens is 216 g/mol. The lowest BCUT2D eigenvalue weighted by Gasteiger charge is -2.04. The molecule has 2 aromatic rings. The Kier molecular flexibility index (Phi) is 3.57. The molecule has 0 atom stereocenters. The molecule has 1 aromatic carbocycles. The number of benzene rings is 1. The van der Waals surface area contributed by atoms with E-state index in [2.05, 4.69) is 29.0 Å². The van der Waals surface area contributed by atoms with Gasteiger partial charge in [0.2, 0.25) is 0 Å². The Morgan fingerprint density at radius 3 is 2.56 bits per heavy atom. The van der Waals surface area contributed by atoms with Gasteiger partial charge < -0.3 is 0 Å². The van der Waals surface area contributed by atoms with Gasteiger partial charge in [0.1, 0.15) is 0 Å². The van der Waals surface area contributed by atoms with E-state index in [-0.39, 0.29) is 0 Å². The van der Waals surface area contributed by atoms with Gasteiger partial charge in [-0.05, 0) is 18.7 Å². The minimum Gasteiger partial charge on any atom is -0.228 e. The maximum absolute atomic E-state index is 4.55. The van der Waals surface area contributed by atoms with Gasteiger partial charge in [0.25, 0.3) is 0 Å². The average molecular weight is 230 g/mol. The summed E-state index contributed by atoms with van der Waals surface area (Å²) in [4.78, 5) is 8.95. The fraction of sp³-hybridized carbons (Fsp3) is 0.231. The van der Waals surface area contributed by atoms with E-state index in [0.29, 0.717) is 0 Å². The standard InChI is InChI=1S/C13H14N2S/c1-3-16-13-14-10(2)9-12(15-13)11-7-5-4-6-8-11/h4-9H,3H2,1-2H3. The number of nitrogens with zero attached hydrogens (tertiary/aromatic N) is 2. The van der Waals surface area contributed by atoms with E-state index in [1.807, 2.05) is 31.2 Å². The molecule has 3 heteroatoms. The van der Waals surface area contributed by atoms with Crippen molar-refractivity contribution < 1.29 is 0 Å². The number of hydrogen-bond acceptors (Lipinski definition) is 3. The third-order valence-electron chi connectivity index (χ3n) is 2.18.